The first-order valence-corrected chi connectivity index (χ1v) is 8.58. The van der Waals surface area contributed by atoms with Crippen molar-refractivity contribution in [3.05, 3.63) is 70.0 Å². The average molecular weight is 357 g/mol. The number of nitro groups is 1. The van der Waals surface area contributed by atoms with Gasteiger partial charge in [0.15, 0.2) is 5.82 Å². The lowest BCUT2D eigenvalue weighted by Crippen LogP contribution is -2.34. The summed E-state index contributed by atoms with van der Waals surface area (Å²) < 4.78 is 14.0. The normalized spacial score (nSPS) is 16.7. The van der Waals surface area contributed by atoms with E-state index >= 15 is 0 Å². The number of nitro benzene ring substituents is 1. The summed E-state index contributed by atoms with van der Waals surface area (Å²) in [6, 6.07) is 13.0. The molecule has 2 aromatic rings. The van der Waals surface area contributed by atoms with Gasteiger partial charge >= 0.3 is 0 Å². The van der Waals surface area contributed by atoms with Crippen LogP contribution in [0.25, 0.3) is 0 Å². The standard InChI is InChI=1S/C19H20FN3O3/c20-16-13-15(23(25)26)8-9-17(16)21-18-10-12-22(19(18)24)11-4-7-14-5-2-1-3-6-14/h1-3,5-6,8-9,13,18,21H,4,7,10-12H2. The molecule has 2 aromatic carbocycles. The van der Waals surface area contributed by atoms with Crippen molar-refractivity contribution in [2.24, 2.45) is 0 Å². The minimum Gasteiger partial charge on any atom is -0.371 e. The number of benzene rings is 2. The molecule has 7 heteroatoms. The molecule has 1 amide bonds. The number of likely N-dealkylation sites (tertiary alicyclic amines) is 1. The van der Waals surface area contributed by atoms with E-state index in [1.807, 2.05) is 18.2 Å². The zero-order valence-electron chi connectivity index (χ0n) is 14.2. The van der Waals surface area contributed by atoms with Gasteiger partial charge in [0.25, 0.3) is 5.69 Å². The van der Waals surface area contributed by atoms with Crippen LogP contribution in [0.2, 0.25) is 0 Å². The maximum absolute atomic E-state index is 14.0. The molecule has 1 saturated heterocycles. The van der Waals surface area contributed by atoms with Crippen molar-refractivity contribution >= 4 is 17.3 Å². The van der Waals surface area contributed by atoms with Gasteiger partial charge in [-0.05, 0) is 30.9 Å². The molecule has 1 fully saturated rings. The van der Waals surface area contributed by atoms with Crippen LogP contribution in [0.3, 0.4) is 0 Å². The van der Waals surface area contributed by atoms with Crippen LogP contribution in [-0.4, -0.2) is 34.9 Å². The van der Waals surface area contributed by atoms with Crippen LogP contribution < -0.4 is 5.32 Å². The number of carbonyl (C=O) groups is 1. The zero-order valence-corrected chi connectivity index (χ0v) is 14.2. The molecule has 6 nitrogen and oxygen atoms in total. The van der Waals surface area contributed by atoms with E-state index in [0.717, 1.165) is 18.9 Å². The van der Waals surface area contributed by atoms with Crippen LogP contribution in [0.15, 0.2) is 48.5 Å². The fourth-order valence-electron chi connectivity index (χ4n) is 3.14. The third-order valence-corrected chi connectivity index (χ3v) is 4.53. The van der Waals surface area contributed by atoms with Gasteiger partial charge in [-0.3, -0.25) is 14.9 Å². The van der Waals surface area contributed by atoms with E-state index in [9.17, 15) is 19.3 Å². The Morgan fingerprint density at radius 3 is 2.69 bits per heavy atom. The van der Waals surface area contributed by atoms with Crippen molar-refractivity contribution in [2.45, 2.75) is 25.3 Å². The van der Waals surface area contributed by atoms with Crippen molar-refractivity contribution in [1.29, 1.82) is 0 Å². The summed E-state index contributed by atoms with van der Waals surface area (Å²) in [5.74, 6) is -0.787. The monoisotopic (exact) mass is 357 g/mol. The number of carbonyl (C=O) groups excluding carboxylic acids is 1. The molecule has 1 aliphatic heterocycles. The van der Waals surface area contributed by atoms with Crippen molar-refractivity contribution in [2.75, 3.05) is 18.4 Å². The number of non-ortho nitro benzene ring substituents is 1. The first kappa shape index (κ1) is 17.8. The Morgan fingerprint density at radius 2 is 2.00 bits per heavy atom. The van der Waals surface area contributed by atoms with Crippen LogP contribution in [0.4, 0.5) is 15.8 Å². The number of halogens is 1. The number of aryl methyl sites for hydroxylation is 1. The van der Waals surface area contributed by atoms with Gasteiger partial charge < -0.3 is 10.2 Å². The van der Waals surface area contributed by atoms with E-state index in [1.54, 1.807) is 4.90 Å². The maximum atomic E-state index is 14.0. The molecule has 1 N–H and O–H groups in total. The largest absolute Gasteiger partial charge is 0.371 e. The number of rotatable bonds is 7. The Labute approximate surface area is 150 Å². The van der Waals surface area contributed by atoms with Crippen LogP contribution in [0.1, 0.15) is 18.4 Å². The molecule has 1 atom stereocenters. The molecule has 3 rings (SSSR count). The summed E-state index contributed by atoms with van der Waals surface area (Å²) in [5.41, 5.74) is 1.04. The smallest absolute Gasteiger partial charge is 0.272 e. The SMILES string of the molecule is O=C1C(Nc2ccc([N+](=O)[O-])cc2F)CCN1CCCc1ccccc1. The second-order valence-electron chi connectivity index (χ2n) is 6.32. The second-order valence-corrected chi connectivity index (χ2v) is 6.32. The Balaban J connectivity index is 1.53. The van der Waals surface area contributed by atoms with Gasteiger partial charge in [0.2, 0.25) is 5.91 Å². The van der Waals surface area contributed by atoms with Gasteiger partial charge in [-0.1, -0.05) is 30.3 Å². The lowest BCUT2D eigenvalue weighted by molar-refractivity contribution is -0.385. The molecule has 0 saturated carbocycles. The molecular weight excluding hydrogens is 337 g/mol. The molecule has 0 radical (unpaired) electrons. The van der Waals surface area contributed by atoms with Gasteiger partial charge in [0.1, 0.15) is 6.04 Å². The van der Waals surface area contributed by atoms with E-state index < -0.39 is 16.8 Å². The van der Waals surface area contributed by atoms with Crippen molar-refractivity contribution < 1.29 is 14.1 Å². The molecule has 0 spiro atoms. The van der Waals surface area contributed by atoms with E-state index in [1.165, 1.54) is 17.7 Å². The van der Waals surface area contributed by atoms with Gasteiger partial charge in [-0.25, -0.2) is 4.39 Å². The van der Waals surface area contributed by atoms with E-state index in [0.29, 0.717) is 19.5 Å². The average Bonchev–Trinajstić information content (AvgIpc) is 2.97. The van der Waals surface area contributed by atoms with Crippen LogP contribution >= 0.6 is 0 Å². The Hall–Kier alpha value is -2.96. The highest BCUT2D eigenvalue weighted by Gasteiger charge is 2.31. The molecule has 0 bridgehead atoms. The van der Waals surface area contributed by atoms with Crippen molar-refractivity contribution in [3.8, 4) is 0 Å². The molecule has 1 aliphatic rings. The first-order chi connectivity index (χ1) is 12.5. The number of hydrogen-bond acceptors (Lipinski definition) is 4. The van der Waals surface area contributed by atoms with Gasteiger partial charge in [0.05, 0.1) is 16.7 Å². The van der Waals surface area contributed by atoms with E-state index in [4.69, 9.17) is 0 Å². The van der Waals surface area contributed by atoms with Gasteiger partial charge in [0, 0.05) is 19.2 Å². The molecule has 0 aromatic heterocycles. The summed E-state index contributed by atoms with van der Waals surface area (Å²) in [4.78, 5) is 24.3. The Kier molecular flexibility index (Phi) is 5.46. The Bertz CT molecular complexity index is 798. The summed E-state index contributed by atoms with van der Waals surface area (Å²) in [6.45, 7) is 1.29. The van der Waals surface area contributed by atoms with Crippen LogP contribution in [-0.2, 0) is 11.2 Å². The maximum Gasteiger partial charge on any atom is 0.272 e. The number of hydrogen-bond donors (Lipinski definition) is 1. The number of amides is 1. The highest BCUT2D eigenvalue weighted by Crippen LogP contribution is 2.24. The highest BCUT2D eigenvalue weighted by atomic mass is 19.1. The predicted octanol–water partition coefficient (Wildman–Crippen LogP) is 3.38. The zero-order chi connectivity index (χ0) is 18.5. The molecule has 136 valence electrons. The number of nitrogens with one attached hydrogen (secondary N) is 1. The minimum absolute atomic E-state index is 0.0594. The fraction of sp³-hybridized carbons (Fsp3) is 0.316. The van der Waals surface area contributed by atoms with Crippen molar-refractivity contribution in [1.82, 2.24) is 4.90 Å². The lowest BCUT2D eigenvalue weighted by atomic mass is 10.1. The van der Waals surface area contributed by atoms with E-state index in [-0.39, 0.29) is 17.3 Å². The second kappa shape index (κ2) is 7.95. The van der Waals surface area contributed by atoms with Gasteiger partial charge in [-0.2, -0.15) is 0 Å². The van der Waals surface area contributed by atoms with E-state index in [2.05, 4.69) is 17.4 Å². The molecule has 0 aliphatic carbocycles. The van der Waals surface area contributed by atoms with Crippen LogP contribution in [0.5, 0.6) is 0 Å². The van der Waals surface area contributed by atoms with Crippen molar-refractivity contribution in [3.63, 3.8) is 0 Å². The topological polar surface area (TPSA) is 75.5 Å². The summed E-state index contributed by atoms with van der Waals surface area (Å²) >= 11 is 0. The fourth-order valence-corrected chi connectivity index (χ4v) is 3.14. The number of nitrogens with zero attached hydrogens (tertiary/aromatic N) is 2. The molecule has 1 unspecified atom stereocenters. The first-order valence-electron chi connectivity index (χ1n) is 8.58. The summed E-state index contributed by atoms with van der Waals surface area (Å²) in [6.07, 6.45) is 2.36. The van der Waals surface area contributed by atoms with Gasteiger partial charge in [-0.15, -0.1) is 0 Å². The Morgan fingerprint density at radius 1 is 1.23 bits per heavy atom. The quantitative estimate of drug-likeness (QED) is 0.609. The highest BCUT2D eigenvalue weighted by molar-refractivity contribution is 5.86. The summed E-state index contributed by atoms with van der Waals surface area (Å²) in [7, 11) is 0. The minimum atomic E-state index is -0.727. The molecular formula is C19H20FN3O3. The lowest BCUT2D eigenvalue weighted by Gasteiger charge is -2.18. The number of anilines is 1. The molecule has 26 heavy (non-hydrogen) atoms. The predicted molar refractivity (Wildman–Crippen MR) is 96.4 cm³/mol. The van der Waals surface area contributed by atoms with Crippen LogP contribution in [0, 0.1) is 15.9 Å². The third kappa shape index (κ3) is 4.17. The summed E-state index contributed by atoms with van der Waals surface area (Å²) in [5, 5.41) is 13.5. The third-order valence-electron chi connectivity index (χ3n) is 4.53. The molecule has 1 heterocycles.